The SMILES string of the molecule is Nc1ccc(C(=O)NCC(c2ccco2)N2CCCCC2)cc1[N+](=O)[O-]. The monoisotopic (exact) mass is 358 g/mol. The summed E-state index contributed by atoms with van der Waals surface area (Å²) in [5, 5.41) is 13.9. The van der Waals surface area contributed by atoms with Gasteiger partial charge in [0.05, 0.1) is 17.2 Å². The highest BCUT2D eigenvalue weighted by molar-refractivity contribution is 5.95. The average molecular weight is 358 g/mol. The van der Waals surface area contributed by atoms with Gasteiger partial charge < -0.3 is 15.5 Å². The van der Waals surface area contributed by atoms with Crippen LogP contribution >= 0.6 is 0 Å². The number of nitrogens with zero attached hydrogens (tertiary/aromatic N) is 2. The van der Waals surface area contributed by atoms with Crippen molar-refractivity contribution < 1.29 is 14.1 Å². The summed E-state index contributed by atoms with van der Waals surface area (Å²) < 4.78 is 5.55. The molecule has 3 N–H and O–H groups in total. The van der Waals surface area contributed by atoms with E-state index in [-0.39, 0.29) is 28.9 Å². The predicted molar refractivity (Wildman–Crippen MR) is 96.7 cm³/mol. The summed E-state index contributed by atoms with van der Waals surface area (Å²) in [6.07, 6.45) is 5.07. The van der Waals surface area contributed by atoms with Gasteiger partial charge in [-0.3, -0.25) is 19.8 Å². The van der Waals surface area contributed by atoms with Gasteiger partial charge in [0.2, 0.25) is 0 Å². The van der Waals surface area contributed by atoms with Gasteiger partial charge in [-0.1, -0.05) is 6.42 Å². The van der Waals surface area contributed by atoms with Crippen LogP contribution in [0.15, 0.2) is 41.0 Å². The van der Waals surface area contributed by atoms with E-state index in [0.717, 1.165) is 31.7 Å². The van der Waals surface area contributed by atoms with E-state index in [2.05, 4.69) is 10.2 Å². The normalized spacial score (nSPS) is 16.2. The summed E-state index contributed by atoms with van der Waals surface area (Å²) in [5.74, 6) is 0.428. The van der Waals surface area contributed by atoms with Crippen LogP contribution in [0.3, 0.4) is 0 Å². The van der Waals surface area contributed by atoms with Crippen LogP contribution in [0.1, 0.15) is 41.4 Å². The number of likely N-dealkylation sites (tertiary alicyclic amines) is 1. The third-order valence-corrected chi connectivity index (χ3v) is 4.65. The fourth-order valence-electron chi connectivity index (χ4n) is 3.26. The Hall–Kier alpha value is -2.87. The van der Waals surface area contributed by atoms with Gasteiger partial charge in [-0.15, -0.1) is 0 Å². The maximum Gasteiger partial charge on any atom is 0.292 e. The molecule has 0 radical (unpaired) electrons. The van der Waals surface area contributed by atoms with Crippen molar-refractivity contribution in [1.82, 2.24) is 10.2 Å². The van der Waals surface area contributed by atoms with E-state index in [9.17, 15) is 14.9 Å². The van der Waals surface area contributed by atoms with E-state index >= 15 is 0 Å². The number of nitrogens with two attached hydrogens (primary N) is 1. The number of anilines is 1. The number of amides is 1. The molecule has 1 aliphatic heterocycles. The molecule has 1 aliphatic rings. The summed E-state index contributed by atoms with van der Waals surface area (Å²) >= 11 is 0. The maximum absolute atomic E-state index is 12.5. The number of nitro benzene ring substituents is 1. The van der Waals surface area contributed by atoms with E-state index in [1.807, 2.05) is 12.1 Å². The molecule has 1 aromatic carbocycles. The van der Waals surface area contributed by atoms with Crippen molar-refractivity contribution >= 4 is 17.3 Å². The highest BCUT2D eigenvalue weighted by atomic mass is 16.6. The predicted octanol–water partition coefficient (Wildman–Crippen LogP) is 2.73. The molecular formula is C18H22N4O4. The lowest BCUT2D eigenvalue weighted by Crippen LogP contribution is -2.40. The quantitative estimate of drug-likeness (QED) is 0.466. The van der Waals surface area contributed by atoms with Gasteiger partial charge in [-0.05, 0) is 50.2 Å². The first-order chi connectivity index (χ1) is 12.6. The number of rotatable bonds is 6. The van der Waals surface area contributed by atoms with E-state index < -0.39 is 4.92 Å². The number of nitrogens with one attached hydrogen (secondary N) is 1. The Balaban J connectivity index is 1.71. The van der Waals surface area contributed by atoms with E-state index in [1.165, 1.54) is 24.6 Å². The molecule has 2 aromatic rings. The van der Waals surface area contributed by atoms with Gasteiger partial charge in [0.15, 0.2) is 0 Å². The van der Waals surface area contributed by atoms with E-state index in [0.29, 0.717) is 6.54 Å². The largest absolute Gasteiger partial charge is 0.468 e. The lowest BCUT2D eigenvalue weighted by molar-refractivity contribution is -0.383. The van der Waals surface area contributed by atoms with Gasteiger partial charge in [0.1, 0.15) is 11.4 Å². The Morgan fingerprint density at radius 1 is 1.31 bits per heavy atom. The maximum atomic E-state index is 12.5. The second-order valence-electron chi connectivity index (χ2n) is 6.37. The van der Waals surface area contributed by atoms with Crippen molar-refractivity contribution in [2.24, 2.45) is 0 Å². The van der Waals surface area contributed by atoms with Crippen molar-refractivity contribution in [3.63, 3.8) is 0 Å². The van der Waals surface area contributed by atoms with Gasteiger partial charge in [0, 0.05) is 18.2 Å². The molecule has 0 saturated carbocycles. The molecule has 1 saturated heterocycles. The molecule has 0 bridgehead atoms. The molecule has 8 nitrogen and oxygen atoms in total. The number of nitrogen functional groups attached to an aromatic ring is 1. The molecule has 0 spiro atoms. The van der Waals surface area contributed by atoms with Gasteiger partial charge in [-0.2, -0.15) is 0 Å². The van der Waals surface area contributed by atoms with Crippen LogP contribution in [0.2, 0.25) is 0 Å². The summed E-state index contributed by atoms with van der Waals surface area (Å²) in [6, 6.07) is 7.74. The molecule has 1 aromatic heterocycles. The van der Waals surface area contributed by atoms with Gasteiger partial charge >= 0.3 is 0 Å². The molecule has 1 atom stereocenters. The Morgan fingerprint density at radius 3 is 2.73 bits per heavy atom. The average Bonchev–Trinajstić information content (AvgIpc) is 3.17. The number of furan rings is 1. The number of nitro groups is 1. The van der Waals surface area contributed by atoms with Gasteiger partial charge in [-0.25, -0.2) is 0 Å². The molecular weight excluding hydrogens is 336 g/mol. The molecule has 0 aliphatic carbocycles. The zero-order valence-corrected chi connectivity index (χ0v) is 14.4. The number of carbonyl (C=O) groups excluding carboxylic acids is 1. The highest BCUT2D eigenvalue weighted by Gasteiger charge is 2.25. The zero-order chi connectivity index (χ0) is 18.5. The van der Waals surface area contributed by atoms with Crippen LogP contribution in [0.25, 0.3) is 0 Å². The van der Waals surface area contributed by atoms with Crippen molar-refractivity contribution in [3.05, 3.63) is 58.0 Å². The minimum atomic E-state index is -0.592. The summed E-state index contributed by atoms with van der Waals surface area (Å²) in [5.41, 5.74) is 5.56. The Labute approximate surface area is 151 Å². The molecule has 2 heterocycles. The fraction of sp³-hybridized carbons (Fsp3) is 0.389. The van der Waals surface area contributed by atoms with Crippen LogP contribution in [-0.4, -0.2) is 35.4 Å². The van der Waals surface area contributed by atoms with Crippen molar-refractivity contribution in [1.29, 1.82) is 0 Å². The van der Waals surface area contributed by atoms with Crippen LogP contribution in [0.4, 0.5) is 11.4 Å². The van der Waals surface area contributed by atoms with Crippen LogP contribution in [-0.2, 0) is 0 Å². The van der Waals surface area contributed by atoms with Crippen molar-refractivity contribution in [2.45, 2.75) is 25.3 Å². The highest BCUT2D eigenvalue weighted by Crippen LogP contribution is 2.25. The van der Waals surface area contributed by atoms with Crippen LogP contribution in [0, 0.1) is 10.1 Å². The first-order valence-electron chi connectivity index (χ1n) is 8.66. The molecule has 8 heteroatoms. The fourth-order valence-corrected chi connectivity index (χ4v) is 3.26. The topological polar surface area (TPSA) is 115 Å². The minimum Gasteiger partial charge on any atom is -0.468 e. The lowest BCUT2D eigenvalue weighted by Gasteiger charge is -2.33. The smallest absolute Gasteiger partial charge is 0.292 e. The molecule has 3 rings (SSSR count). The molecule has 138 valence electrons. The third kappa shape index (κ3) is 4.02. The second kappa shape index (κ2) is 8.01. The number of carbonyl (C=O) groups is 1. The number of benzene rings is 1. The summed E-state index contributed by atoms with van der Waals surface area (Å²) in [4.78, 5) is 25.2. The number of hydrogen-bond donors (Lipinski definition) is 2. The third-order valence-electron chi connectivity index (χ3n) is 4.65. The summed E-state index contributed by atoms with van der Waals surface area (Å²) in [6.45, 7) is 2.27. The Bertz CT molecular complexity index is 770. The lowest BCUT2D eigenvalue weighted by atomic mass is 10.1. The van der Waals surface area contributed by atoms with Crippen LogP contribution in [0.5, 0.6) is 0 Å². The second-order valence-corrected chi connectivity index (χ2v) is 6.37. The number of hydrogen-bond acceptors (Lipinski definition) is 6. The summed E-state index contributed by atoms with van der Waals surface area (Å²) in [7, 11) is 0. The van der Waals surface area contributed by atoms with Crippen molar-refractivity contribution in [3.8, 4) is 0 Å². The van der Waals surface area contributed by atoms with Crippen molar-refractivity contribution in [2.75, 3.05) is 25.4 Å². The first kappa shape index (κ1) is 17.9. The van der Waals surface area contributed by atoms with Gasteiger partial charge in [0.25, 0.3) is 11.6 Å². The number of piperidine rings is 1. The van der Waals surface area contributed by atoms with E-state index in [1.54, 1.807) is 6.26 Å². The van der Waals surface area contributed by atoms with E-state index in [4.69, 9.17) is 10.2 Å². The van der Waals surface area contributed by atoms with Crippen LogP contribution < -0.4 is 11.1 Å². The molecule has 1 amide bonds. The first-order valence-corrected chi connectivity index (χ1v) is 8.66. The molecule has 1 unspecified atom stereocenters. The minimum absolute atomic E-state index is 0.0355. The zero-order valence-electron chi connectivity index (χ0n) is 14.4. The Morgan fingerprint density at radius 2 is 2.08 bits per heavy atom. The Kier molecular flexibility index (Phi) is 5.52. The standard InChI is InChI=1S/C18H22N4O4/c19-14-7-6-13(11-15(14)22(24)25)18(23)20-12-16(17-5-4-10-26-17)21-8-2-1-3-9-21/h4-7,10-11,16H,1-3,8-9,12,19H2,(H,20,23). The molecule has 1 fully saturated rings. The molecule has 26 heavy (non-hydrogen) atoms.